The first-order chi connectivity index (χ1) is 10.6. The van der Waals surface area contributed by atoms with Crippen molar-refractivity contribution in [3.63, 3.8) is 0 Å². The first-order valence-corrected chi connectivity index (χ1v) is 7.46. The maximum Gasteiger partial charge on any atom is 0.162 e. The Morgan fingerprint density at radius 3 is 2.73 bits per heavy atom. The molecule has 0 aliphatic rings. The summed E-state index contributed by atoms with van der Waals surface area (Å²) in [7, 11) is 0. The molecule has 5 heteroatoms. The molecule has 0 amide bonds. The second-order valence-corrected chi connectivity index (χ2v) is 5.59. The van der Waals surface area contributed by atoms with E-state index >= 15 is 0 Å². The summed E-state index contributed by atoms with van der Waals surface area (Å²) in [6.45, 7) is 2.16. The molecule has 0 aliphatic heterocycles. The highest BCUT2D eigenvalue weighted by Crippen LogP contribution is 2.26. The van der Waals surface area contributed by atoms with Gasteiger partial charge in [-0.15, -0.1) is 0 Å². The number of para-hydroxylation sites is 1. The largest absolute Gasteiger partial charge is 0.392 e. The zero-order valence-corrected chi connectivity index (χ0v) is 12.9. The second kappa shape index (κ2) is 6.30. The number of nitrogens with one attached hydrogen (secondary N) is 1. The molecule has 4 nitrogen and oxygen atoms in total. The van der Waals surface area contributed by atoms with Gasteiger partial charge in [-0.3, -0.25) is 0 Å². The minimum absolute atomic E-state index is 0.427. The molecule has 22 heavy (non-hydrogen) atoms. The van der Waals surface area contributed by atoms with Crippen LogP contribution in [-0.2, 0) is 0 Å². The Labute approximate surface area is 133 Å². The smallest absolute Gasteiger partial charge is 0.162 e. The molecule has 1 heterocycles. The van der Waals surface area contributed by atoms with Gasteiger partial charge in [0.05, 0.1) is 11.6 Å². The normalized spacial score (nSPS) is 12.3. The molecule has 1 aromatic heterocycles. The van der Waals surface area contributed by atoms with E-state index in [0.29, 0.717) is 23.2 Å². The third kappa shape index (κ3) is 3.18. The Hall–Kier alpha value is -2.17. The zero-order valence-electron chi connectivity index (χ0n) is 12.1. The Kier molecular flexibility index (Phi) is 4.22. The molecule has 0 fully saturated rings. The van der Waals surface area contributed by atoms with E-state index in [-0.39, 0.29) is 0 Å². The summed E-state index contributed by atoms with van der Waals surface area (Å²) in [5, 5.41) is 14.2. The Morgan fingerprint density at radius 2 is 1.95 bits per heavy atom. The van der Waals surface area contributed by atoms with E-state index in [2.05, 4.69) is 15.3 Å². The number of hydrogen-bond acceptors (Lipinski definition) is 4. The van der Waals surface area contributed by atoms with Gasteiger partial charge in [-0.25, -0.2) is 9.97 Å². The summed E-state index contributed by atoms with van der Waals surface area (Å²) < 4.78 is 0. The number of anilines is 1. The van der Waals surface area contributed by atoms with Crippen molar-refractivity contribution in [2.24, 2.45) is 0 Å². The third-order valence-electron chi connectivity index (χ3n) is 3.25. The zero-order chi connectivity index (χ0) is 15.5. The Morgan fingerprint density at radius 1 is 1.14 bits per heavy atom. The highest BCUT2D eigenvalue weighted by molar-refractivity contribution is 6.30. The molecule has 0 saturated heterocycles. The van der Waals surface area contributed by atoms with Crippen LogP contribution in [0.25, 0.3) is 22.3 Å². The van der Waals surface area contributed by atoms with E-state index in [1.54, 1.807) is 6.92 Å². The van der Waals surface area contributed by atoms with Gasteiger partial charge in [-0.05, 0) is 31.2 Å². The van der Waals surface area contributed by atoms with Gasteiger partial charge in [0.2, 0.25) is 0 Å². The summed E-state index contributed by atoms with van der Waals surface area (Å²) in [6.07, 6.45) is -0.455. The van der Waals surface area contributed by atoms with Crippen LogP contribution in [0.3, 0.4) is 0 Å². The fraction of sp³-hybridized carbons (Fsp3) is 0.176. The van der Waals surface area contributed by atoms with Crippen molar-refractivity contribution in [3.05, 3.63) is 53.6 Å². The highest BCUT2D eigenvalue weighted by Gasteiger charge is 2.10. The molecule has 3 aromatic rings. The van der Waals surface area contributed by atoms with Gasteiger partial charge in [0, 0.05) is 22.5 Å². The van der Waals surface area contributed by atoms with Crippen molar-refractivity contribution in [1.29, 1.82) is 0 Å². The molecule has 1 atom stereocenters. The van der Waals surface area contributed by atoms with Crippen molar-refractivity contribution in [1.82, 2.24) is 9.97 Å². The molecule has 112 valence electrons. The molecule has 0 aliphatic carbocycles. The van der Waals surface area contributed by atoms with Gasteiger partial charge >= 0.3 is 0 Å². The van der Waals surface area contributed by atoms with Gasteiger partial charge in [0.1, 0.15) is 5.82 Å². The van der Waals surface area contributed by atoms with Crippen LogP contribution in [-0.4, -0.2) is 27.7 Å². The Bertz CT molecular complexity index is 805. The number of halogens is 1. The second-order valence-electron chi connectivity index (χ2n) is 5.15. The van der Waals surface area contributed by atoms with Gasteiger partial charge < -0.3 is 10.4 Å². The van der Waals surface area contributed by atoms with Crippen LogP contribution in [0.5, 0.6) is 0 Å². The summed E-state index contributed by atoms with van der Waals surface area (Å²) >= 11 is 6.05. The fourth-order valence-corrected chi connectivity index (χ4v) is 2.40. The number of fused-ring (bicyclic) bond motifs is 1. The van der Waals surface area contributed by atoms with Crippen LogP contribution in [0.15, 0.2) is 48.5 Å². The number of benzene rings is 2. The van der Waals surface area contributed by atoms with Gasteiger partial charge in [0.15, 0.2) is 5.82 Å². The topological polar surface area (TPSA) is 58.0 Å². The van der Waals surface area contributed by atoms with Crippen molar-refractivity contribution >= 4 is 28.3 Å². The average Bonchev–Trinajstić information content (AvgIpc) is 2.52. The van der Waals surface area contributed by atoms with E-state index in [1.165, 1.54) is 0 Å². The molecular formula is C17H16ClN3O. The monoisotopic (exact) mass is 313 g/mol. The molecule has 0 saturated carbocycles. The molecule has 0 spiro atoms. The first kappa shape index (κ1) is 14.8. The molecule has 1 unspecified atom stereocenters. The van der Waals surface area contributed by atoms with E-state index in [0.717, 1.165) is 16.5 Å². The summed E-state index contributed by atoms with van der Waals surface area (Å²) in [5.41, 5.74) is 1.71. The van der Waals surface area contributed by atoms with Gasteiger partial charge in [0.25, 0.3) is 0 Å². The summed E-state index contributed by atoms with van der Waals surface area (Å²) in [4.78, 5) is 9.19. The predicted octanol–water partition coefficient (Wildman–Crippen LogP) is 3.74. The van der Waals surface area contributed by atoms with Crippen LogP contribution in [0.1, 0.15) is 6.92 Å². The van der Waals surface area contributed by atoms with E-state index in [1.807, 2.05) is 48.5 Å². The molecular weight excluding hydrogens is 298 g/mol. The first-order valence-electron chi connectivity index (χ1n) is 7.08. The quantitative estimate of drug-likeness (QED) is 0.770. The summed E-state index contributed by atoms with van der Waals surface area (Å²) in [6, 6.07) is 15.2. The van der Waals surface area contributed by atoms with Gasteiger partial charge in [-0.2, -0.15) is 0 Å². The maximum absolute atomic E-state index is 9.49. The number of hydrogen-bond donors (Lipinski definition) is 2. The lowest BCUT2D eigenvalue weighted by molar-refractivity contribution is 0.208. The van der Waals surface area contributed by atoms with Gasteiger partial charge in [-0.1, -0.05) is 35.9 Å². The number of nitrogens with zero attached hydrogens (tertiary/aromatic N) is 2. The van der Waals surface area contributed by atoms with Crippen LogP contribution in [0.4, 0.5) is 5.82 Å². The number of aliphatic hydroxyl groups is 1. The van der Waals surface area contributed by atoms with Crippen LogP contribution in [0.2, 0.25) is 5.02 Å². The molecule has 2 N–H and O–H groups in total. The summed E-state index contributed by atoms with van der Waals surface area (Å²) in [5.74, 6) is 1.32. The van der Waals surface area contributed by atoms with Crippen LogP contribution >= 0.6 is 11.6 Å². The number of aliphatic hydroxyl groups excluding tert-OH is 1. The average molecular weight is 314 g/mol. The molecule has 0 radical (unpaired) electrons. The third-order valence-corrected chi connectivity index (χ3v) is 3.49. The van der Waals surface area contributed by atoms with Crippen LogP contribution in [0, 0.1) is 0 Å². The van der Waals surface area contributed by atoms with Crippen LogP contribution < -0.4 is 5.32 Å². The predicted molar refractivity (Wildman–Crippen MR) is 90.2 cm³/mol. The van der Waals surface area contributed by atoms with E-state index in [9.17, 15) is 5.11 Å². The number of aromatic nitrogens is 2. The molecule has 3 rings (SSSR count). The van der Waals surface area contributed by atoms with Crippen molar-refractivity contribution in [2.75, 3.05) is 11.9 Å². The molecule has 0 bridgehead atoms. The lowest BCUT2D eigenvalue weighted by Crippen LogP contribution is -2.16. The molecule has 2 aromatic carbocycles. The lowest BCUT2D eigenvalue weighted by Gasteiger charge is -2.12. The van der Waals surface area contributed by atoms with Crippen molar-refractivity contribution in [2.45, 2.75) is 13.0 Å². The van der Waals surface area contributed by atoms with E-state index in [4.69, 9.17) is 11.6 Å². The Balaban J connectivity index is 2.11. The standard InChI is InChI=1S/C17H16ClN3O/c1-11(22)10-19-17-14-7-2-3-8-15(14)20-16(21-17)12-5-4-6-13(18)9-12/h2-9,11,22H,10H2,1H3,(H,19,20,21). The lowest BCUT2D eigenvalue weighted by atomic mass is 10.2. The minimum Gasteiger partial charge on any atom is -0.392 e. The van der Waals surface area contributed by atoms with E-state index < -0.39 is 6.10 Å². The minimum atomic E-state index is -0.455. The SMILES string of the molecule is CC(O)CNc1nc(-c2cccc(Cl)c2)nc2ccccc12. The highest BCUT2D eigenvalue weighted by atomic mass is 35.5. The fourth-order valence-electron chi connectivity index (χ4n) is 2.21. The maximum atomic E-state index is 9.49. The van der Waals surface area contributed by atoms with Crippen molar-refractivity contribution < 1.29 is 5.11 Å². The number of rotatable bonds is 4. The van der Waals surface area contributed by atoms with Crippen molar-refractivity contribution in [3.8, 4) is 11.4 Å².